The molecule has 4 rings (SSSR count). The Balaban J connectivity index is 1.48. The van der Waals surface area contributed by atoms with Gasteiger partial charge in [-0.1, -0.05) is 12.1 Å². The van der Waals surface area contributed by atoms with Crippen molar-refractivity contribution in [2.45, 2.75) is 50.7 Å². The molecule has 0 aromatic heterocycles. The van der Waals surface area contributed by atoms with Crippen molar-refractivity contribution in [3.8, 4) is 0 Å². The van der Waals surface area contributed by atoms with Crippen LogP contribution >= 0.6 is 0 Å². The Morgan fingerprint density at radius 1 is 1.21 bits per heavy atom. The minimum atomic E-state index is -0.935. The van der Waals surface area contributed by atoms with Crippen LogP contribution in [0.1, 0.15) is 58.9 Å². The smallest absolute Gasteiger partial charge is 0.262 e. The van der Waals surface area contributed by atoms with Crippen molar-refractivity contribution in [1.82, 2.24) is 20.9 Å². The Morgan fingerprint density at radius 2 is 2.00 bits per heavy atom. The molecule has 3 aliphatic rings. The van der Waals surface area contributed by atoms with E-state index in [0.717, 1.165) is 36.4 Å². The molecular weight excluding hydrogens is 360 g/mol. The van der Waals surface area contributed by atoms with E-state index >= 15 is 0 Å². The van der Waals surface area contributed by atoms with Crippen LogP contribution in [0, 0.1) is 0 Å². The van der Waals surface area contributed by atoms with Crippen LogP contribution in [0.3, 0.4) is 0 Å². The number of benzene rings is 1. The Kier molecular flexibility index (Phi) is 4.76. The summed E-state index contributed by atoms with van der Waals surface area (Å²) in [6.45, 7) is 4.52. The SMILES string of the molecule is CC1(CCNCc2cccc3c2C(=O)N(C2CCC(=O)NC2=O)C3=O)CCN1. The van der Waals surface area contributed by atoms with Gasteiger partial charge in [0.2, 0.25) is 11.8 Å². The molecule has 3 heterocycles. The molecule has 3 aliphatic heterocycles. The van der Waals surface area contributed by atoms with E-state index in [4.69, 9.17) is 0 Å². The van der Waals surface area contributed by atoms with Crippen molar-refractivity contribution < 1.29 is 19.2 Å². The summed E-state index contributed by atoms with van der Waals surface area (Å²) in [5, 5.41) is 8.98. The van der Waals surface area contributed by atoms with E-state index in [2.05, 4.69) is 22.9 Å². The Hall–Kier alpha value is -2.58. The van der Waals surface area contributed by atoms with Gasteiger partial charge in [0.1, 0.15) is 6.04 Å². The van der Waals surface area contributed by atoms with Gasteiger partial charge >= 0.3 is 0 Å². The first-order valence-corrected chi connectivity index (χ1v) is 9.69. The van der Waals surface area contributed by atoms with Crippen LogP contribution in [-0.2, 0) is 16.1 Å². The molecule has 2 atom stereocenters. The fourth-order valence-corrected chi connectivity index (χ4v) is 4.08. The molecule has 3 N–H and O–H groups in total. The summed E-state index contributed by atoms with van der Waals surface area (Å²) in [4.78, 5) is 50.4. The molecule has 2 saturated heterocycles. The van der Waals surface area contributed by atoms with E-state index in [-0.39, 0.29) is 24.3 Å². The maximum atomic E-state index is 13.0. The summed E-state index contributed by atoms with van der Waals surface area (Å²) < 4.78 is 0. The Bertz CT molecular complexity index is 862. The van der Waals surface area contributed by atoms with Gasteiger partial charge in [-0.25, -0.2) is 0 Å². The first-order chi connectivity index (χ1) is 13.4. The maximum Gasteiger partial charge on any atom is 0.262 e. The molecule has 1 aromatic carbocycles. The second kappa shape index (κ2) is 7.10. The molecule has 4 amide bonds. The molecule has 28 heavy (non-hydrogen) atoms. The number of imide groups is 2. The molecule has 0 aliphatic carbocycles. The van der Waals surface area contributed by atoms with Gasteiger partial charge in [0.05, 0.1) is 11.1 Å². The van der Waals surface area contributed by atoms with E-state index in [1.165, 1.54) is 0 Å². The van der Waals surface area contributed by atoms with Crippen LogP contribution in [0.25, 0.3) is 0 Å². The number of hydrogen-bond acceptors (Lipinski definition) is 6. The molecule has 2 fully saturated rings. The van der Waals surface area contributed by atoms with E-state index in [0.29, 0.717) is 17.7 Å². The highest BCUT2D eigenvalue weighted by atomic mass is 16.2. The zero-order valence-electron chi connectivity index (χ0n) is 15.8. The molecule has 2 unspecified atom stereocenters. The third kappa shape index (κ3) is 3.22. The average Bonchev–Trinajstić information content (AvgIpc) is 2.89. The predicted octanol–water partition coefficient (Wildman–Crippen LogP) is 0.320. The molecule has 0 saturated carbocycles. The molecular formula is C20H24N4O4. The Morgan fingerprint density at radius 3 is 2.68 bits per heavy atom. The minimum absolute atomic E-state index is 0.116. The highest BCUT2D eigenvalue weighted by Gasteiger charge is 2.45. The monoisotopic (exact) mass is 384 g/mol. The summed E-state index contributed by atoms with van der Waals surface area (Å²) in [5.74, 6) is -1.90. The first-order valence-electron chi connectivity index (χ1n) is 9.69. The number of amides is 4. The quantitative estimate of drug-likeness (QED) is 0.482. The first kappa shape index (κ1) is 18.8. The van der Waals surface area contributed by atoms with Crippen LogP contribution in [0.5, 0.6) is 0 Å². The van der Waals surface area contributed by atoms with Gasteiger partial charge < -0.3 is 10.6 Å². The van der Waals surface area contributed by atoms with Crippen molar-refractivity contribution in [3.05, 3.63) is 34.9 Å². The summed E-state index contributed by atoms with van der Waals surface area (Å²) >= 11 is 0. The Labute approximate surface area is 163 Å². The van der Waals surface area contributed by atoms with Gasteiger partial charge in [0.25, 0.3) is 11.8 Å². The van der Waals surface area contributed by atoms with Crippen LogP contribution < -0.4 is 16.0 Å². The fraction of sp³-hybridized carbons (Fsp3) is 0.500. The number of nitrogens with zero attached hydrogens (tertiary/aromatic N) is 1. The van der Waals surface area contributed by atoms with Crippen LogP contribution in [0.2, 0.25) is 0 Å². The topological polar surface area (TPSA) is 108 Å². The molecule has 0 bridgehead atoms. The fourth-order valence-electron chi connectivity index (χ4n) is 4.08. The van der Waals surface area contributed by atoms with Gasteiger partial charge in [0.15, 0.2) is 0 Å². The number of hydrogen-bond donors (Lipinski definition) is 3. The second-order valence-electron chi connectivity index (χ2n) is 7.95. The normalized spacial score (nSPS) is 26.9. The van der Waals surface area contributed by atoms with Crippen LogP contribution in [-0.4, -0.2) is 53.2 Å². The molecule has 8 nitrogen and oxygen atoms in total. The zero-order valence-corrected chi connectivity index (χ0v) is 15.8. The number of piperidine rings is 1. The van der Waals surface area contributed by atoms with E-state index < -0.39 is 23.8 Å². The average molecular weight is 384 g/mol. The third-order valence-corrected chi connectivity index (χ3v) is 5.95. The van der Waals surface area contributed by atoms with E-state index in [1.54, 1.807) is 12.1 Å². The van der Waals surface area contributed by atoms with Crippen molar-refractivity contribution in [2.24, 2.45) is 0 Å². The largest absolute Gasteiger partial charge is 0.313 e. The predicted molar refractivity (Wildman–Crippen MR) is 100 cm³/mol. The molecule has 148 valence electrons. The number of carbonyl (C=O) groups excluding carboxylic acids is 4. The lowest BCUT2D eigenvalue weighted by atomic mass is 9.87. The van der Waals surface area contributed by atoms with Crippen LogP contribution in [0.15, 0.2) is 18.2 Å². The number of nitrogens with one attached hydrogen (secondary N) is 3. The van der Waals surface area contributed by atoms with E-state index in [9.17, 15) is 19.2 Å². The van der Waals surface area contributed by atoms with Crippen molar-refractivity contribution in [1.29, 1.82) is 0 Å². The summed E-state index contributed by atoms with van der Waals surface area (Å²) in [7, 11) is 0. The lowest BCUT2D eigenvalue weighted by molar-refractivity contribution is -0.136. The van der Waals surface area contributed by atoms with Gasteiger partial charge in [-0.3, -0.25) is 29.4 Å². The highest BCUT2D eigenvalue weighted by Crippen LogP contribution is 2.30. The number of fused-ring (bicyclic) bond motifs is 1. The zero-order chi connectivity index (χ0) is 19.9. The summed E-state index contributed by atoms with van der Waals surface area (Å²) in [6.07, 6.45) is 2.42. The van der Waals surface area contributed by atoms with Gasteiger partial charge in [-0.05, 0) is 50.9 Å². The highest BCUT2D eigenvalue weighted by molar-refractivity contribution is 6.24. The lowest BCUT2D eigenvalue weighted by Gasteiger charge is -2.40. The molecule has 8 heteroatoms. The summed E-state index contributed by atoms with van der Waals surface area (Å²) in [6, 6.07) is 4.26. The number of rotatable bonds is 6. The van der Waals surface area contributed by atoms with Crippen LogP contribution in [0.4, 0.5) is 0 Å². The third-order valence-electron chi connectivity index (χ3n) is 5.95. The number of carbonyl (C=O) groups is 4. The van der Waals surface area contributed by atoms with Crippen molar-refractivity contribution >= 4 is 23.6 Å². The molecule has 0 radical (unpaired) electrons. The molecule has 1 aromatic rings. The van der Waals surface area contributed by atoms with Crippen molar-refractivity contribution in [2.75, 3.05) is 13.1 Å². The summed E-state index contributed by atoms with van der Waals surface area (Å²) in [5.41, 5.74) is 1.61. The minimum Gasteiger partial charge on any atom is -0.313 e. The standard InChI is InChI=1S/C20H24N4O4/c1-20(8-10-22-20)7-9-21-11-12-3-2-4-13-16(12)19(28)24(18(13)27)14-5-6-15(25)23-17(14)26/h2-4,14,21-22H,5-11H2,1H3,(H,23,25,26). The van der Waals surface area contributed by atoms with Gasteiger partial charge in [0, 0.05) is 18.5 Å². The van der Waals surface area contributed by atoms with Gasteiger partial charge in [-0.15, -0.1) is 0 Å². The van der Waals surface area contributed by atoms with E-state index in [1.807, 2.05) is 6.07 Å². The van der Waals surface area contributed by atoms with Gasteiger partial charge in [-0.2, -0.15) is 0 Å². The van der Waals surface area contributed by atoms with Crippen molar-refractivity contribution in [3.63, 3.8) is 0 Å². The second-order valence-corrected chi connectivity index (χ2v) is 7.95. The molecule has 0 spiro atoms. The maximum absolute atomic E-state index is 13.0. The lowest BCUT2D eigenvalue weighted by Crippen LogP contribution is -2.55.